The number of carboxylic acid groups (broad SMARTS) is 1. The molecule has 4 atom stereocenters. The lowest BCUT2D eigenvalue weighted by molar-refractivity contribution is -0.153. The molecule has 0 radical (unpaired) electrons. The highest BCUT2D eigenvalue weighted by Gasteiger charge is 2.47. The van der Waals surface area contributed by atoms with E-state index in [0.29, 0.717) is 29.0 Å². The van der Waals surface area contributed by atoms with Crippen molar-refractivity contribution in [3.8, 4) is 5.75 Å². The second kappa shape index (κ2) is 11.7. The Balaban J connectivity index is 1.34. The van der Waals surface area contributed by atoms with E-state index in [9.17, 15) is 29.1 Å². The molecule has 43 heavy (non-hydrogen) atoms. The highest BCUT2D eigenvalue weighted by Crippen LogP contribution is 2.34. The number of nitrogens with zero attached hydrogens (tertiary/aromatic N) is 3. The van der Waals surface area contributed by atoms with Crippen LogP contribution >= 0.6 is 0 Å². The first-order valence-corrected chi connectivity index (χ1v) is 14.5. The number of amides is 3. The molecule has 1 fully saturated rings. The largest absolute Gasteiger partial charge is 0.488 e. The standard InChI is InChI=1S/C32H37N3O8/c1-17(2)26(34-14-19-8-6-7-9-23(19)28(34)36)30(38)33-16-22(13-25(33)32(41)42-5)43-21-10-11-24-20(12-21)15-35(29(24)37)27(18(3)4)31(39)40/h6-12,17-18,22,25-27H,13-16H2,1-5H3,(H,39,40)/t22-,25+,26?,27?/m1/s1. The summed E-state index contributed by atoms with van der Waals surface area (Å²) in [7, 11) is 1.27. The first-order chi connectivity index (χ1) is 20.4. The van der Waals surface area contributed by atoms with Crippen molar-refractivity contribution in [1.29, 1.82) is 0 Å². The van der Waals surface area contributed by atoms with E-state index in [-0.39, 0.29) is 49.1 Å². The molecule has 5 rings (SSSR count). The fourth-order valence-electron chi connectivity index (χ4n) is 6.52. The SMILES string of the molecule is COC(=O)[C@@H]1C[C@@H](Oc2ccc3c(c2)CN(C(C(=O)O)C(C)C)C3=O)CN1C(=O)C(C(C)C)N1Cc2ccccc2C1=O. The quantitative estimate of drug-likeness (QED) is 0.440. The van der Waals surface area contributed by atoms with Gasteiger partial charge in [-0.25, -0.2) is 9.59 Å². The Morgan fingerprint density at radius 2 is 1.47 bits per heavy atom. The van der Waals surface area contributed by atoms with Crippen molar-refractivity contribution in [1.82, 2.24) is 14.7 Å². The van der Waals surface area contributed by atoms with Crippen LogP contribution in [0.4, 0.5) is 0 Å². The Labute approximate surface area is 250 Å². The van der Waals surface area contributed by atoms with Crippen LogP contribution in [0.1, 0.15) is 66.0 Å². The average molecular weight is 592 g/mol. The maximum atomic E-state index is 14.1. The molecule has 3 heterocycles. The second-order valence-corrected chi connectivity index (χ2v) is 12.1. The van der Waals surface area contributed by atoms with Crippen LogP contribution in [0.5, 0.6) is 5.75 Å². The first-order valence-electron chi connectivity index (χ1n) is 14.5. The van der Waals surface area contributed by atoms with Crippen LogP contribution in [0.3, 0.4) is 0 Å². The summed E-state index contributed by atoms with van der Waals surface area (Å²) in [4.78, 5) is 69.4. The number of benzene rings is 2. The van der Waals surface area contributed by atoms with E-state index >= 15 is 0 Å². The summed E-state index contributed by atoms with van der Waals surface area (Å²) in [6, 6.07) is 9.62. The van der Waals surface area contributed by atoms with Crippen LogP contribution < -0.4 is 4.74 Å². The second-order valence-electron chi connectivity index (χ2n) is 12.1. The van der Waals surface area contributed by atoms with Crippen LogP contribution in [0.15, 0.2) is 42.5 Å². The monoisotopic (exact) mass is 591 g/mol. The minimum atomic E-state index is -1.06. The number of ether oxygens (including phenoxy) is 2. The van der Waals surface area contributed by atoms with Gasteiger partial charge in [-0.3, -0.25) is 14.4 Å². The predicted octanol–water partition coefficient (Wildman–Crippen LogP) is 2.95. The molecule has 11 nitrogen and oxygen atoms in total. The first kappa shape index (κ1) is 30.1. The van der Waals surface area contributed by atoms with Gasteiger partial charge in [0, 0.05) is 30.6 Å². The van der Waals surface area contributed by atoms with Gasteiger partial charge in [0.15, 0.2) is 0 Å². The Morgan fingerprint density at radius 3 is 2.07 bits per heavy atom. The number of rotatable bonds is 9. The topological polar surface area (TPSA) is 134 Å². The van der Waals surface area contributed by atoms with Gasteiger partial charge in [-0.2, -0.15) is 0 Å². The zero-order valence-corrected chi connectivity index (χ0v) is 25.0. The van der Waals surface area contributed by atoms with Crippen LogP contribution in [-0.2, 0) is 32.2 Å². The third-order valence-corrected chi connectivity index (χ3v) is 8.52. The molecule has 0 aliphatic carbocycles. The van der Waals surface area contributed by atoms with E-state index in [4.69, 9.17) is 9.47 Å². The van der Waals surface area contributed by atoms with Gasteiger partial charge in [0.25, 0.3) is 11.8 Å². The molecule has 0 saturated carbocycles. The smallest absolute Gasteiger partial charge is 0.328 e. The van der Waals surface area contributed by atoms with Crippen molar-refractivity contribution >= 4 is 29.7 Å². The molecule has 2 unspecified atom stereocenters. The van der Waals surface area contributed by atoms with Crippen LogP contribution in [0.2, 0.25) is 0 Å². The van der Waals surface area contributed by atoms with Gasteiger partial charge in [0.1, 0.15) is 30.0 Å². The van der Waals surface area contributed by atoms with Gasteiger partial charge < -0.3 is 29.3 Å². The van der Waals surface area contributed by atoms with Gasteiger partial charge in [0.2, 0.25) is 5.91 Å². The molecule has 1 N–H and O–H groups in total. The van der Waals surface area contributed by atoms with E-state index in [1.807, 2.05) is 26.0 Å². The summed E-state index contributed by atoms with van der Waals surface area (Å²) in [6.07, 6.45) is -0.366. The van der Waals surface area contributed by atoms with Gasteiger partial charge in [0.05, 0.1) is 13.7 Å². The molecular formula is C32H37N3O8. The highest BCUT2D eigenvalue weighted by atomic mass is 16.5. The minimum Gasteiger partial charge on any atom is -0.488 e. The van der Waals surface area contributed by atoms with Gasteiger partial charge in [-0.05, 0) is 47.2 Å². The van der Waals surface area contributed by atoms with Crippen molar-refractivity contribution in [3.63, 3.8) is 0 Å². The number of carbonyl (C=O) groups excluding carboxylic acids is 4. The normalized spacial score (nSPS) is 20.9. The molecule has 1 saturated heterocycles. The Bertz CT molecular complexity index is 1470. The molecule has 0 bridgehead atoms. The highest BCUT2D eigenvalue weighted by molar-refractivity contribution is 6.02. The van der Waals surface area contributed by atoms with E-state index < -0.39 is 36.2 Å². The number of carbonyl (C=O) groups is 5. The molecule has 0 aromatic heterocycles. The molecule has 2 aromatic carbocycles. The zero-order valence-electron chi connectivity index (χ0n) is 25.0. The number of methoxy groups -OCH3 is 1. The number of hydrogen-bond acceptors (Lipinski definition) is 7. The maximum Gasteiger partial charge on any atom is 0.328 e. The van der Waals surface area contributed by atoms with Gasteiger partial charge >= 0.3 is 11.9 Å². The molecule has 3 aliphatic rings. The van der Waals surface area contributed by atoms with Crippen LogP contribution in [0.25, 0.3) is 0 Å². The van der Waals surface area contributed by atoms with Crippen molar-refractivity contribution in [2.24, 2.45) is 11.8 Å². The third-order valence-electron chi connectivity index (χ3n) is 8.52. The summed E-state index contributed by atoms with van der Waals surface area (Å²) in [6.45, 7) is 7.83. The lowest BCUT2D eigenvalue weighted by Gasteiger charge is -2.34. The fourth-order valence-corrected chi connectivity index (χ4v) is 6.52. The number of carboxylic acids is 1. The zero-order chi connectivity index (χ0) is 31.2. The van der Waals surface area contributed by atoms with Crippen molar-refractivity contribution in [3.05, 3.63) is 64.7 Å². The average Bonchev–Trinajstić information content (AvgIpc) is 3.62. The van der Waals surface area contributed by atoms with Crippen LogP contribution in [0, 0.1) is 11.8 Å². The van der Waals surface area contributed by atoms with E-state index in [1.54, 1.807) is 49.1 Å². The molecule has 228 valence electrons. The van der Waals surface area contributed by atoms with Crippen molar-refractivity contribution < 1.29 is 38.6 Å². The summed E-state index contributed by atoms with van der Waals surface area (Å²) >= 11 is 0. The number of likely N-dealkylation sites (tertiary alicyclic amines) is 1. The Kier molecular flexibility index (Phi) is 8.18. The fraction of sp³-hybridized carbons (Fsp3) is 0.469. The van der Waals surface area contributed by atoms with Crippen molar-refractivity contribution in [2.45, 2.75) is 71.4 Å². The number of hydrogen-bond donors (Lipinski definition) is 1. The predicted molar refractivity (Wildman–Crippen MR) is 154 cm³/mol. The number of esters is 1. The minimum absolute atomic E-state index is 0.105. The summed E-state index contributed by atoms with van der Waals surface area (Å²) in [5, 5.41) is 9.70. The lowest BCUT2D eigenvalue weighted by atomic mass is 10.0. The van der Waals surface area contributed by atoms with E-state index in [0.717, 1.165) is 5.56 Å². The molecule has 3 aliphatic heterocycles. The van der Waals surface area contributed by atoms with Gasteiger partial charge in [-0.15, -0.1) is 0 Å². The molecule has 2 aromatic rings. The molecule has 11 heteroatoms. The summed E-state index contributed by atoms with van der Waals surface area (Å²) in [5.74, 6) is -2.58. The maximum absolute atomic E-state index is 14.1. The van der Waals surface area contributed by atoms with Crippen molar-refractivity contribution in [2.75, 3.05) is 13.7 Å². The molecular weight excluding hydrogens is 554 g/mol. The Hall–Kier alpha value is -4.41. The third kappa shape index (κ3) is 5.44. The summed E-state index contributed by atoms with van der Waals surface area (Å²) < 4.78 is 11.3. The lowest BCUT2D eigenvalue weighted by Crippen LogP contribution is -2.54. The summed E-state index contributed by atoms with van der Waals surface area (Å²) in [5.41, 5.74) is 2.50. The molecule has 3 amide bonds. The van der Waals surface area contributed by atoms with Gasteiger partial charge in [-0.1, -0.05) is 45.9 Å². The van der Waals surface area contributed by atoms with E-state index in [2.05, 4.69) is 0 Å². The number of aliphatic carboxylic acids is 1. The number of fused-ring (bicyclic) bond motifs is 2. The van der Waals surface area contributed by atoms with E-state index in [1.165, 1.54) is 16.9 Å². The Morgan fingerprint density at radius 1 is 0.860 bits per heavy atom. The van der Waals surface area contributed by atoms with Crippen LogP contribution in [-0.4, -0.2) is 87.4 Å². The molecule has 0 spiro atoms.